The third-order valence-corrected chi connectivity index (χ3v) is 5.72. The SMILES string of the molecule is CCOC(=O)c1c(C)[nH]c(C)c1S(=O)(=O)NCC(=O)Nc1ccc2c(c1)OCO2. The number of aromatic nitrogens is 1. The van der Waals surface area contributed by atoms with Crippen molar-refractivity contribution < 1.29 is 32.2 Å². The van der Waals surface area contributed by atoms with Crippen molar-refractivity contribution in [2.45, 2.75) is 25.7 Å². The normalized spacial score (nSPS) is 12.7. The fourth-order valence-corrected chi connectivity index (χ4v) is 4.38. The summed E-state index contributed by atoms with van der Waals surface area (Å²) in [5.41, 5.74) is 0.993. The second kappa shape index (κ2) is 8.13. The van der Waals surface area contributed by atoms with Gasteiger partial charge in [0.25, 0.3) is 0 Å². The molecule has 2 aromatic rings. The summed E-state index contributed by atoms with van der Waals surface area (Å²) in [4.78, 5) is 27.0. The zero-order valence-electron chi connectivity index (χ0n) is 16.1. The molecule has 0 atom stereocenters. The van der Waals surface area contributed by atoms with E-state index in [1.54, 1.807) is 32.0 Å². The summed E-state index contributed by atoms with van der Waals surface area (Å²) in [6.07, 6.45) is 0. The van der Waals surface area contributed by atoms with Crippen LogP contribution < -0.4 is 19.5 Å². The first-order valence-corrected chi connectivity index (χ1v) is 10.3. The summed E-state index contributed by atoms with van der Waals surface area (Å²) in [6, 6.07) is 4.82. The first-order chi connectivity index (χ1) is 13.7. The van der Waals surface area contributed by atoms with Crippen LogP contribution in [0.3, 0.4) is 0 Å². The number of aromatic amines is 1. The number of amides is 1. The highest BCUT2D eigenvalue weighted by Crippen LogP contribution is 2.34. The Morgan fingerprint density at radius 1 is 1.17 bits per heavy atom. The quantitative estimate of drug-likeness (QED) is 0.574. The molecule has 0 bridgehead atoms. The lowest BCUT2D eigenvalue weighted by Crippen LogP contribution is -2.33. The fourth-order valence-electron chi connectivity index (χ4n) is 2.96. The molecule has 0 radical (unpaired) electrons. The molecule has 3 N–H and O–H groups in total. The first kappa shape index (κ1) is 20.7. The van der Waals surface area contributed by atoms with Gasteiger partial charge >= 0.3 is 5.97 Å². The highest BCUT2D eigenvalue weighted by Gasteiger charge is 2.30. The number of carbonyl (C=O) groups is 2. The Morgan fingerprint density at radius 3 is 2.62 bits per heavy atom. The molecular weight excluding hydrogens is 402 g/mol. The van der Waals surface area contributed by atoms with Gasteiger partial charge in [0.05, 0.1) is 13.2 Å². The Kier molecular flexibility index (Phi) is 5.80. The van der Waals surface area contributed by atoms with Crippen LogP contribution in [0.4, 0.5) is 5.69 Å². The van der Waals surface area contributed by atoms with Crippen LogP contribution in [0.2, 0.25) is 0 Å². The topological polar surface area (TPSA) is 136 Å². The maximum absolute atomic E-state index is 12.8. The van der Waals surface area contributed by atoms with Crippen LogP contribution >= 0.6 is 0 Å². The summed E-state index contributed by atoms with van der Waals surface area (Å²) in [5.74, 6) is -0.288. The van der Waals surface area contributed by atoms with E-state index in [-0.39, 0.29) is 29.6 Å². The number of H-pyrrole nitrogens is 1. The van der Waals surface area contributed by atoms with Gasteiger partial charge in [0.1, 0.15) is 10.5 Å². The van der Waals surface area contributed by atoms with Crippen molar-refractivity contribution in [3.63, 3.8) is 0 Å². The van der Waals surface area contributed by atoms with Crippen molar-refractivity contribution in [1.82, 2.24) is 9.71 Å². The Labute approximate surface area is 167 Å². The molecule has 11 heteroatoms. The molecule has 3 rings (SSSR count). The van der Waals surface area contributed by atoms with Crippen molar-refractivity contribution in [3.05, 3.63) is 35.2 Å². The average molecular weight is 423 g/mol. The van der Waals surface area contributed by atoms with Crippen molar-refractivity contribution in [2.75, 3.05) is 25.3 Å². The largest absolute Gasteiger partial charge is 0.462 e. The smallest absolute Gasteiger partial charge is 0.341 e. The molecule has 0 unspecified atom stereocenters. The number of fused-ring (bicyclic) bond motifs is 1. The molecule has 2 heterocycles. The van der Waals surface area contributed by atoms with Crippen molar-refractivity contribution in [1.29, 1.82) is 0 Å². The lowest BCUT2D eigenvalue weighted by Gasteiger charge is -2.10. The molecule has 10 nitrogen and oxygen atoms in total. The van der Waals surface area contributed by atoms with Crippen molar-refractivity contribution >= 4 is 27.6 Å². The maximum Gasteiger partial charge on any atom is 0.341 e. The number of esters is 1. The van der Waals surface area contributed by atoms with Crippen LogP contribution in [0, 0.1) is 13.8 Å². The lowest BCUT2D eigenvalue weighted by molar-refractivity contribution is -0.115. The maximum atomic E-state index is 12.8. The minimum absolute atomic E-state index is 0.0759. The Morgan fingerprint density at radius 2 is 1.90 bits per heavy atom. The molecule has 156 valence electrons. The van der Waals surface area contributed by atoms with E-state index in [1.807, 2.05) is 0 Å². The van der Waals surface area contributed by atoms with Crippen LogP contribution in [0.15, 0.2) is 23.1 Å². The summed E-state index contributed by atoms with van der Waals surface area (Å²) in [6.45, 7) is 4.40. The van der Waals surface area contributed by atoms with Crippen LogP contribution in [-0.2, 0) is 19.6 Å². The van der Waals surface area contributed by atoms with E-state index in [0.717, 1.165) is 0 Å². The summed E-state index contributed by atoms with van der Waals surface area (Å²) >= 11 is 0. The highest BCUT2D eigenvalue weighted by molar-refractivity contribution is 7.89. The fraction of sp³-hybridized carbons (Fsp3) is 0.333. The molecule has 0 fully saturated rings. The van der Waals surface area contributed by atoms with Crippen molar-refractivity contribution in [2.24, 2.45) is 0 Å². The predicted octanol–water partition coefficient (Wildman–Crippen LogP) is 1.45. The molecule has 1 amide bonds. The van der Waals surface area contributed by atoms with E-state index in [1.165, 1.54) is 6.92 Å². The first-order valence-electron chi connectivity index (χ1n) is 8.78. The summed E-state index contributed by atoms with van der Waals surface area (Å²) in [5, 5.41) is 2.57. The zero-order chi connectivity index (χ0) is 21.2. The molecule has 0 saturated heterocycles. The summed E-state index contributed by atoms with van der Waals surface area (Å²) < 4.78 is 43.1. The minimum Gasteiger partial charge on any atom is -0.462 e. The van der Waals surface area contributed by atoms with Gasteiger partial charge in [-0.05, 0) is 32.9 Å². The van der Waals surface area contributed by atoms with Gasteiger partial charge < -0.3 is 24.5 Å². The Bertz CT molecular complexity index is 1060. The van der Waals surface area contributed by atoms with E-state index < -0.39 is 28.4 Å². The number of aryl methyl sites for hydroxylation is 2. The van der Waals surface area contributed by atoms with Gasteiger partial charge in [-0.2, -0.15) is 0 Å². The van der Waals surface area contributed by atoms with Gasteiger partial charge in [0.2, 0.25) is 22.7 Å². The number of rotatable bonds is 7. The molecule has 29 heavy (non-hydrogen) atoms. The molecule has 1 aromatic heterocycles. The number of benzene rings is 1. The molecule has 1 aliphatic heterocycles. The number of ether oxygens (including phenoxy) is 3. The van der Waals surface area contributed by atoms with Crippen LogP contribution in [0.1, 0.15) is 28.7 Å². The van der Waals surface area contributed by atoms with E-state index in [4.69, 9.17) is 14.2 Å². The lowest BCUT2D eigenvalue weighted by atomic mass is 10.2. The number of carbonyl (C=O) groups excluding carboxylic acids is 2. The third kappa shape index (κ3) is 4.35. The number of sulfonamides is 1. The monoisotopic (exact) mass is 423 g/mol. The number of anilines is 1. The third-order valence-electron chi connectivity index (χ3n) is 4.15. The van der Waals surface area contributed by atoms with Crippen molar-refractivity contribution in [3.8, 4) is 11.5 Å². The van der Waals surface area contributed by atoms with Gasteiger partial charge in [0, 0.05) is 23.1 Å². The van der Waals surface area contributed by atoms with E-state index in [2.05, 4.69) is 15.0 Å². The zero-order valence-corrected chi connectivity index (χ0v) is 16.9. The average Bonchev–Trinajstić information content (AvgIpc) is 3.23. The van der Waals surface area contributed by atoms with Gasteiger partial charge in [0.15, 0.2) is 11.5 Å². The molecule has 0 aliphatic carbocycles. The minimum atomic E-state index is -4.15. The summed E-state index contributed by atoms with van der Waals surface area (Å²) in [7, 11) is -4.15. The molecule has 0 spiro atoms. The van der Waals surface area contributed by atoms with E-state index in [0.29, 0.717) is 22.9 Å². The second-order valence-corrected chi connectivity index (χ2v) is 7.94. The molecule has 1 aliphatic rings. The molecule has 0 saturated carbocycles. The van der Waals surface area contributed by atoms with Crippen LogP contribution in [-0.4, -0.2) is 45.2 Å². The Balaban J connectivity index is 1.72. The standard InChI is InChI=1S/C18H21N3O7S/c1-4-26-18(23)16-10(2)20-11(3)17(16)29(24,25)19-8-15(22)21-12-5-6-13-14(7-12)28-9-27-13/h5-7,19-20H,4,8-9H2,1-3H3,(H,21,22). The van der Waals surface area contributed by atoms with E-state index in [9.17, 15) is 18.0 Å². The van der Waals surface area contributed by atoms with E-state index >= 15 is 0 Å². The Hall–Kier alpha value is -3.05. The highest BCUT2D eigenvalue weighted by atomic mass is 32.2. The second-order valence-electron chi connectivity index (χ2n) is 6.24. The van der Waals surface area contributed by atoms with Gasteiger partial charge in [-0.15, -0.1) is 0 Å². The molecular formula is C18H21N3O7S. The van der Waals surface area contributed by atoms with Gasteiger partial charge in [-0.25, -0.2) is 17.9 Å². The predicted molar refractivity (Wildman–Crippen MR) is 103 cm³/mol. The van der Waals surface area contributed by atoms with Gasteiger partial charge in [-0.3, -0.25) is 4.79 Å². The molecule has 1 aromatic carbocycles. The number of nitrogens with one attached hydrogen (secondary N) is 3. The van der Waals surface area contributed by atoms with Crippen LogP contribution in [0.5, 0.6) is 11.5 Å². The number of hydrogen-bond acceptors (Lipinski definition) is 7. The van der Waals surface area contributed by atoms with Crippen LogP contribution in [0.25, 0.3) is 0 Å². The number of hydrogen-bond donors (Lipinski definition) is 3. The van der Waals surface area contributed by atoms with Gasteiger partial charge in [-0.1, -0.05) is 0 Å².